The Balaban J connectivity index is 2.45. The molecule has 1 aliphatic rings. The van der Waals surface area contributed by atoms with Crippen LogP contribution >= 0.6 is 22.6 Å². The van der Waals surface area contributed by atoms with Crippen molar-refractivity contribution in [1.29, 1.82) is 0 Å². The molecule has 19 heavy (non-hydrogen) atoms. The van der Waals surface area contributed by atoms with E-state index in [1.165, 1.54) is 6.20 Å². The van der Waals surface area contributed by atoms with Crippen molar-refractivity contribution in [3.63, 3.8) is 0 Å². The molecular weight excluding hydrogens is 364 g/mol. The van der Waals surface area contributed by atoms with Crippen molar-refractivity contribution in [2.45, 2.75) is 18.9 Å². The standard InChI is InChI=1S/C13H9FINO3/c14-9-3-7-11(4-10(9)15)16(6-1-2-6)5-8(12(7)17)13(18)19/h3-6H,1-2H2,(H,18,19). The highest BCUT2D eigenvalue weighted by Gasteiger charge is 2.27. The van der Waals surface area contributed by atoms with Gasteiger partial charge >= 0.3 is 5.97 Å². The average molecular weight is 373 g/mol. The monoisotopic (exact) mass is 373 g/mol. The van der Waals surface area contributed by atoms with Crippen molar-refractivity contribution in [1.82, 2.24) is 4.57 Å². The molecule has 98 valence electrons. The van der Waals surface area contributed by atoms with Crippen LogP contribution in [-0.2, 0) is 0 Å². The number of nitrogens with zero attached hydrogens (tertiary/aromatic N) is 1. The second-order valence-electron chi connectivity index (χ2n) is 4.60. The molecule has 2 aromatic rings. The lowest BCUT2D eigenvalue weighted by molar-refractivity contribution is 0.0695. The smallest absolute Gasteiger partial charge is 0.341 e. The van der Waals surface area contributed by atoms with Crippen molar-refractivity contribution in [2.75, 3.05) is 0 Å². The molecule has 1 fully saturated rings. The predicted molar refractivity (Wildman–Crippen MR) is 76.1 cm³/mol. The van der Waals surface area contributed by atoms with Gasteiger partial charge in [0.2, 0.25) is 5.43 Å². The topological polar surface area (TPSA) is 59.3 Å². The van der Waals surface area contributed by atoms with Gasteiger partial charge in [-0.1, -0.05) is 0 Å². The third kappa shape index (κ3) is 2.03. The summed E-state index contributed by atoms with van der Waals surface area (Å²) < 4.78 is 15.8. The van der Waals surface area contributed by atoms with Crippen LogP contribution in [0.4, 0.5) is 4.39 Å². The molecule has 3 rings (SSSR count). The third-order valence-electron chi connectivity index (χ3n) is 3.24. The first-order chi connectivity index (χ1) is 8.99. The van der Waals surface area contributed by atoms with Gasteiger partial charge in [0.1, 0.15) is 11.4 Å². The molecule has 0 radical (unpaired) electrons. The summed E-state index contributed by atoms with van der Waals surface area (Å²) in [6.45, 7) is 0. The molecular formula is C13H9FINO3. The van der Waals surface area contributed by atoms with Gasteiger partial charge in [0.25, 0.3) is 0 Å². The second-order valence-corrected chi connectivity index (χ2v) is 5.76. The minimum atomic E-state index is -1.28. The fourth-order valence-corrected chi connectivity index (χ4v) is 2.60. The lowest BCUT2D eigenvalue weighted by Crippen LogP contribution is -2.19. The van der Waals surface area contributed by atoms with Crippen LogP contribution < -0.4 is 5.43 Å². The number of halogens is 2. The number of aromatic nitrogens is 1. The molecule has 0 spiro atoms. The van der Waals surface area contributed by atoms with Crippen LogP contribution in [0.15, 0.2) is 23.1 Å². The van der Waals surface area contributed by atoms with Crippen molar-refractivity contribution >= 4 is 39.5 Å². The van der Waals surface area contributed by atoms with Gasteiger partial charge in [-0.3, -0.25) is 4.79 Å². The summed E-state index contributed by atoms with van der Waals surface area (Å²) in [5.41, 5.74) is -0.335. The number of hydrogen-bond donors (Lipinski definition) is 1. The molecule has 1 heterocycles. The molecule has 1 aliphatic carbocycles. The van der Waals surface area contributed by atoms with Crippen LogP contribution in [0.5, 0.6) is 0 Å². The molecule has 0 atom stereocenters. The Morgan fingerprint density at radius 2 is 2.11 bits per heavy atom. The predicted octanol–water partition coefficient (Wildman–Crippen LogP) is 2.78. The van der Waals surface area contributed by atoms with E-state index in [1.807, 2.05) is 22.6 Å². The molecule has 6 heteroatoms. The number of fused-ring (bicyclic) bond motifs is 1. The minimum absolute atomic E-state index is 0.129. The zero-order valence-corrected chi connectivity index (χ0v) is 11.8. The molecule has 1 aromatic heterocycles. The lowest BCUT2D eigenvalue weighted by Gasteiger charge is -2.12. The summed E-state index contributed by atoms with van der Waals surface area (Å²) in [6.07, 6.45) is 3.27. The number of carboxylic acid groups (broad SMARTS) is 1. The van der Waals surface area contributed by atoms with Gasteiger partial charge in [-0.05, 0) is 47.6 Å². The highest BCUT2D eigenvalue weighted by atomic mass is 127. The number of carboxylic acids is 1. The Morgan fingerprint density at radius 3 is 2.68 bits per heavy atom. The summed E-state index contributed by atoms with van der Waals surface area (Å²) in [5, 5.41) is 9.20. The highest BCUT2D eigenvalue weighted by Crippen LogP contribution is 2.37. The normalized spacial score (nSPS) is 14.8. The molecule has 0 unspecified atom stereocenters. The number of carbonyl (C=O) groups is 1. The van der Waals surface area contributed by atoms with Gasteiger partial charge in [-0.15, -0.1) is 0 Å². The highest BCUT2D eigenvalue weighted by molar-refractivity contribution is 14.1. The molecule has 1 aromatic carbocycles. The van der Waals surface area contributed by atoms with Crippen molar-refractivity contribution in [3.8, 4) is 0 Å². The van der Waals surface area contributed by atoms with E-state index in [4.69, 9.17) is 5.11 Å². The molecule has 1 N–H and O–H groups in total. The summed E-state index contributed by atoms with van der Waals surface area (Å²) in [4.78, 5) is 23.2. The van der Waals surface area contributed by atoms with Gasteiger partial charge in [0, 0.05) is 17.6 Å². The van der Waals surface area contributed by atoms with E-state index in [-0.39, 0.29) is 17.0 Å². The summed E-state index contributed by atoms with van der Waals surface area (Å²) >= 11 is 1.86. The van der Waals surface area contributed by atoms with Crippen molar-refractivity contribution in [2.24, 2.45) is 0 Å². The van der Waals surface area contributed by atoms with E-state index >= 15 is 0 Å². The van der Waals surface area contributed by atoms with E-state index in [0.717, 1.165) is 18.9 Å². The first-order valence-electron chi connectivity index (χ1n) is 5.76. The van der Waals surface area contributed by atoms with Crippen LogP contribution in [0.25, 0.3) is 10.9 Å². The fourth-order valence-electron chi connectivity index (χ4n) is 2.15. The Hall–Kier alpha value is -1.44. The maximum atomic E-state index is 13.6. The van der Waals surface area contributed by atoms with Gasteiger partial charge in [-0.25, -0.2) is 9.18 Å². The summed E-state index contributed by atoms with van der Waals surface area (Å²) in [5.74, 6) is -1.78. The van der Waals surface area contributed by atoms with Crippen molar-refractivity contribution in [3.05, 3.63) is 43.5 Å². The first kappa shape index (κ1) is 12.6. The fraction of sp³-hybridized carbons (Fsp3) is 0.231. The SMILES string of the molecule is O=C(O)c1cn(C2CC2)c2cc(I)c(F)cc2c1=O. The van der Waals surface area contributed by atoms with Crippen LogP contribution in [0.1, 0.15) is 29.2 Å². The van der Waals surface area contributed by atoms with Crippen LogP contribution in [0.3, 0.4) is 0 Å². The van der Waals surface area contributed by atoms with E-state index in [9.17, 15) is 14.0 Å². The summed E-state index contributed by atoms with van der Waals surface area (Å²) in [7, 11) is 0. The first-order valence-corrected chi connectivity index (χ1v) is 6.84. The van der Waals surface area contributed by atoms with E-state index < -0.39 is 17.2 Å². The molecule has 0 amide bonds. The number of pyridine rings is 1. The Labute approximate surface area is 121 Å². The van der Waals surface area contributed by atoms with E-state index in [2.05, 4.69) is 0 Å². The van der Waals surface area contributed by atoms with Gasteiger partial charge < -0.3 is 9.67 Å². The average Bonchev–Trinajstić information content (AvgIpc) is 3.16. The third-order valence-corrected chi connectivity index (χ3v) is 4.07. The van der Waals surface area contributed by atoms with Crippen LogP contribution in [0.2, 0.25) is 0 Å². The quantitative estimate of drug-likeness (QED) is 0.824. The molecule has 1 saturated carbocycles. The molecule has 0 aliphatic heterocycles. The van der Waals surface area contributed by atoms with Crippen molar-refractivity contribution < 1.29 is 14.3 Å². The minimum Gasteiger partial charge on any atom is -0.477 e. The Kier molecular flexibility index (Phi) is 2.84. The van der Waals surface area contributed by atoms with E-state index in [1.54, 1.807) is 10.6 Å². The zero-order valence-electron chi connectivity index (χ0n) is 9.69. The molecule has 0 bridgehead atoms. The molecule has 0 saturated heterocycles. The van der Waals surface area contributed by atoms with Gasteiger partial charge in [0.15, 0.2) is 0 Å². The Morgan fingerprint density at radius 1 is 1.42 bits per heavy atom. The largest absolute Gasteiger partial charge is 0.477 e. The van der Waals surface area contributed by atoms with Gasteiger partial charge in [0.05, 0.1) is 9.09 Å². The van der Waals surface area contributed by atoms with Crippen LogP contribution in [-0.4, -0.2) is 15.6 Å². The van der Waals surface area contributed by atoms with Gasteiger partial charge in [-0.2, -0.15) is 0 Å². The Bertz CT molecular complexity index is 765. The number of aromatic carboxylic acids is 1. The maximum Gasteiger partial charge on any atom is 0.341 e. The zero-order chi connectivity index (χ0) is 13.7. The molecule has 4 nitrogen and oxygen atoms in total. The number of rotatable bonds is 2. The van der Waals surface area contributed by atoms with E-state index in [0.29, 0.717) is 9.09 Å². The summed E-state index contributed by atoms with van der Waals surface area (Å²) in [6, 6.07) is 2.93. The van der Waals surface area contributed by atoms with Crippen LogP contribution in [0, 0.1) is 9.39 Å². The number of hydrogen-bond acceptors (Lipinski definition) is 2. The second kappa shape index (κ2) is 4.29. The maximum absolute atomic E-state index is 13.6. The lowest BCUT2D eigenvalue weighted by atomic mass is 10.1. The number of benzene rings is 1.